The number of rotatable bonds is 10. The van der Waals surface area contributed by atoms with E-state index in [0.717, 1.165) is 33.3 Å². The number of carboxylic acids is 2. The van der Waals surface area contributed by atoms with Crippen LogP contribution in [-0.4, -0.2) is 54.2 Å². The second-order valence-corrected chi connectivity index (χ2v) is 15.5. The molecule has 4 amide bonds. The molecule has 2 aromatic heterocycles. The van der Waals surface area contributed by atoms with E-state index < -0.39 is 40.0 Å². The van der Waals surface area contributed by atoms with Crippen molar-refractivity contribution in [2.75, 3.05) is 0 Å². The van der Waals surface area contributed by atoms with Crippen LogP contribution >= 0.6 is 35.1 Å². The van der Waals surface area contributed by atoms with Crippen LogP contribution in [0.25, 0.3) is 34.8 Å². The first-order valence-corrected chi connectivity index (χ1v) is 19.8. The van der Waals surface area contributed by atoms with Gasteiger partial charge in [0.15, 0.2) is 0 Å². The van der Waals surface area contributed by atoms with Crippen molar-refractivity contribution >= 4 is 81.5 Å². The Morgan fingerprint density at radius 3 is 1.48 bits per heavy atom. The van der Waals surface area contributed by atoms with Gasteiger partial charge in [-0.15, -0.1) is 0 Å². The van der Waals surface area contributed by atoms with Crippen LogP contribution in [-0.2, 0) is 22.7 Å². The Bertz CT molecular complexity index is 2780. The first-order chi connectivity index (χ1) is 29.2. The smallest absolute Gasteiger partial charge is 0.337 e. The van der Waals surface area contributed by atoms with Crippen LogP contribution in [0.2, 0.25) is 5.02 Å². The van der Waals surface area contributed by atoms with Crippen molar-refractivity contribution in [2.45, 2.75) is 13.1 Å². The van der Waals surface area contributed by atoms with Crippen LogP contribution in [0.3, 0.4) is 0 Å². The molecule has 0 saturated carbocycles. The van der Waals surface area contributed by atoms with E-state index in [1.165, 1.54) is 84.9 Å². The lowest BCUT2D eigenvalue weighted by molar-refractivity contribution is -0.124. The third-order valence-corrected chi connectivity index (χ3v) is 11.1. The second kappa shape index (κ2) is 18.1. The van der Waals surface area contributed by atoms with Crippen LogP contribution in [0.5, 0.6) is 0 Å². The van der Waals surface area contributed by atoms with Gasteiger partial charge in [0.05, 0.1) is 39.0 Å². The fourth-order valence-electron chi connectivity index (χ4n) is 5.87. The van der Waals surface area contributed by atoms with E-state index in [9.17, 15) is 42.7 Å². The number of hydrogen-bond donors (Lipinski definition) is 2. The van der Waals surface area contributed by atoms with Crippen molar-refractivity contribution in [2.24, 2.45) is 0 Å². The van der Waals surface area contributed by atoms with Gasteiger partial charge in [0, 0.05) is 23.3 Å². The number of carboxylic acid groups (broad SMARTS) is 2. The number of benzene rings is 4. The number of carbonyl (C=O) groups is 6. The fourth-order valence-corrected chi connectivity index (χ4v) is 7.70. The molecule has 2 N–H and O–H groups in total. The van der Waals surface area contributed by atoms with Crippen molar-refractivity contribution in [3.8, 4) is 22.6 Å². The Balaban J connectivity index is 0.000000184. The summed E-state index contributed by atoms with van der Waals surface area (Å²) in [6.07, 6.45) is 2.94. The van der Waals surface area contributed by atoms with Gasteiger partial charge in [-0.3, -0.25) is 29.0 Å². The van der Waals surface area contributed by atoms with E-state index in [4.69, 9.17) is 25.5 Å². The summed E-state index contributed by atoms with van der Waals surface area (Å²) < 4.78 is 37.5. The van der Waals surface area contributed by atoms with Gasteiger partial charge < -0.3 is 19.0 Å². The summed E-state index contributed by atoms with van der Waals surface area (Å²) in [6, 6.07) is 28.4. The first kappa shape index (κ1) is 42.1. The van der Waals surface area contributed by atoms with Gasteiger partial charge in [0.25, 0.3) is 22.3 Å². The van der Waals surface area contributed by atoms with Crippen molar-refractivity contribution in [1.29, 1.82) is 0 Å². The van der Waals surface area contributed by atoms with E-state index in [1.54, 1.807) is 42.5 Å². The molecule has 0 bridgehead atoms. The highest BCUT2D eigenvalue weighted by Crippen LogP contribution is 2.36. The Hall–Kier alpha value is -7.01. The Morgan fingerprint density at radius 1 is 0.590 bits per heavy atom. The molecule has 8 rings (SSSR count). The summed E-state index contributed by atoms with van der Waals surface area (Å²) in [4.78, 5) is 74.6. The first-order valence-electron chi connectivity index (χ1n) is 17.8. The van der Waals surface area contributed by atoms with Gasteiger partial charge in [0.2, 0.25) is 0 Å². The Labute approximate surface area is 357 Å². The van der Waals surface area contributed by atoms with Gasteiger partial charge in [0.1, 0.15) is 34.7 Å². The Morgan fingerprint density at radius 2 is 1.03 bits per heavy atom. The van der Waals surface area contributed by atoms with Crippen LogP contribution in [0, 0.1) is 11.6 Å². The van der Waals surface area contributed by atoms with Gasteiger partial charge in [-0.1, -0.05) is 48.0 Å². The van der Waals surface area contributed by atoms with Crippen LogP contribution in [0.4, 0.5) is 18.4 Å². The number of furan rings is 2. The SMILES string of the molecule is O=C(O)c1cc(-c2ccc(/C=C3\SC(=O)N(Cc4ccc(F)cc4)C3=O)o2)ccc1Cl.O=C(O)c1ccc(-c2ccc(/C=C3\SC(=O)N(Cc4ccc(F)cc4)C3=O)o2)cc1. The summed E-state index contributed by atoms with van der Waals surface area (Å²) in [5.74, 6) is -2.28. The minimum Gasteiger partial charge on any atom is -0.478 e. The lowest BCUT2D eigenvalue weighted by Gasteiger charge is -2.12. The van der Waals surface area contributed by atoms with Gasteiger partial charge in [-0.25, -0.2) is 18.4 Å². The summed E-state index contributed by atoms with van der Waals surface area (Å²) in [6.45, 7) is 0.0933. The minimum absolute atomic E-state index is 0.0361. The predicted octanol–water partition coefficient (Wildman–Crippen LogP) is 10.7. The maximum Gasteiger partial charge on any atom is 0.337 e. The van der Waals surface area contributed by atoms with Crippen LogP contribution in [0.15, 0.2) is 134 Å². The van der Waals surface area contributed by atoms with Crippen LogP contribution in [0.1, 0.15) is 43.4 Å². The zero-order chi connectivity index (χ0) is 43.4. The molecule has 61 heavy (non-hydrogen) atoms. The molecule has 0 spiro atoms. The molecule has 0 atom stereocenters. The Kier molecular flexibility index (Phi) is 12.5. The predicted molar refractivity (Wildman–Crippen MR) is 223 cm³/mol. The summed E-state index contributed by atoms with van der Waals surface area (Å²) >= 11 is 7.48. The van der Waals surface area contributed by atoms with Crippen molar-refractivity contribution in [1.82, 2.24) is 9.80 Å². The average Bonchev–Trinajstić information content (AvgIpc) is 4.02. The van der Waals surface area contributed by atoms with E-state index in [-0.39, 0.29) is 44.9 Å². The average molecular weight is 881 g/mol. The van der Waals surface area contributed by atoms with Gasteiger partial charge in [-0.2, -0.15) is 0 Å². The molecule has 4 aromatic carbocycles. The zero-order valence-corrected chi connectivity index (χ0v) is 33.4. The number of hydrogen-bond acceptors (Lipinski definition) is 10. The van der Waals surface area contributed by atoms with Crippen LogP contribution < -0.4 is 0 Å². The maximum atomic E-state index is 13.1. The highest BCUT2D eigenvalue weighted by molar-refractivity contribution is 8.18. The topological polar surface area (TPSA) is 176 Å². The number of nitrogens with zero attached hydrogens (tertiary/aromatic N) is 2. The molecule has 17 heteroatoms. The standard InChI is InChI=1S/C22H13ClFNO5S.C22H14FNO5S/c23-17-7-3-13(9-16(17)21(27)28)18-8-6-15(30-18)10-19-20(26)25(22(29)31-19)11-12-1-4-14(24)5-2-12;23-16-7-1-13(2-8-16)12-24-20(25)19(30-22(24)28)11-17-9-10-18(29-17)14-3-5-15(6-4-14)21(26)27/h1-10H,11H2,(H,27,28);1-11H,12H2,(H,26,27)/b19-10-;19-11-. The molecule has 2 saturated heterocycles. The molecule has 0 unspecified atom stereocenters. The third kappa shape index (κ3) is 9.90. The molecule has 2 aliphatic heterocycles. The lowest BCUT2D eigenvalue weighted by Crippen LogP contribution is -2.27. The van der Waals surface area contributed by atoms with Gasteiger partial charge >= 0.3 is 11.9 Å². The highest BCUT2D eigenvalue weighted by Gasteiger charge is 2.36. The minimum atomic E-state index is -1.16. The van der Waals surface area contributed by atoms with Gasteiger partial charge in [-0.05, 0) is 114 Å². The molecule has 2 fully saturated rings. The maximum absolute atomic E-state index is 13.1. The normalized spacial score (nSPS) is 15.2. The second-order valence-electron chi connectivity index (χ2n) is 13.1. The third-order valence-electron chi connectivity index (χ3n) is 8.95. The number of thioether (sulfide) groups is 2. The molecule has 306 valence electrons. The lowest BCUT2D eigenvalue weighted by atomic mass is 10.1. The molecule has 6 aromatic rings. The van der Waals surface area contributed by atoms with E-state index >= 15 is 0 Å². The number of amides is 4. The van der Waals surface area contributed by atoms with E-state index in [1.807, 2.05) is 0 Å². The molecular formula is C44H27ClF2N2O10S2. The van der Waals surface area contributed by atoms with Crippen molar-refractivity contribution < 1.29 is 56.6 Å². The summed E-state index contributed by atoms with van der Waals surface area (Å²) in [5, 5.41) is 17.4. The van der Waals surface area contributed by atoms with E-state index in [2.05, 4.69) is 0 Å². The fraction of sp³-hybridized carbons (Fsp3) is 0.0455. The number of carbonyl (C=O) groups excluding carboxylic acids is 4. The monoisotopic (exact) mass is 880 g/mol. The molecule has 0 aliphatic carbocycles. The zero-order valence-electron chi connectivity index (χ0n) is 31.0. The largest absolute Gasteiger partial charge is 0.478 e. The summed E-state index contributed by atoms with van der Waals surface area (Å²) in [7, 11) is 0. The number of halogens is 3. The molecule has 4 heterocycles. The van der Waals surface area contributed by atoms with Crippen molar-refractivity contribution in [3.63, 3.8) is 0 Å². The highest BCUT2D eigenvalue weighted by atomic mass is 35.5. The molecule has 2 aliphatic rings. The quantitative estimate of drug-likeness (QED) is 0.125. The number of imide groups is 2. The molecule has 0 radical (unpaired) electrons. The van der Waals surface area contributed by atoms with Crippen molar-refractivity contribution in [3.05, 3.63) is 176 Å². The number of aromatic carboxylic acids is 2. The molecular weight excluding hydrogens is 854 g/mol. The molecule has 12 nitrogen and oxygen atoms in total. The summed E-state index contributed by atoms with van der Waals surface area (Å²) in [5.41, 5.74) is 2.57. The van der Waals surface area contributed by atoms with E-state index in [0.29, 0.717) is 45.3 Å².